The number of benzene rings is 1. The van der Waals surface area contributed by atoms with Gasteiger partial charge in [0.1, 0.15) is 6.10 Å². The fourth-order valence-electron chi connectivity index (χ4n) is 1.44. The normalized spacial score (nSPS) is 21.6. The van der Waals surface area contributed by atoms with E-state index in [0.29, 0.717) is 6.42 Å². The van der Waals surface area contributed by atoms with Crippen LogP contribution in [0.3, 0.4) is 0 Å². The van der Waals surface area contributed by atoms with E-state index in [1.54, 1.807) is 0 Å². The van der Waals surface area contributed by atoms with Crippen molar-refractivity contribution in [3.05, 3.63) is 34.3 Å². The molecule has 1 aliphatic heterocycles. The molecule has 68 valence electrons. The van der Waals surface area contributed by atoms with Crippen molar-refractivity contribution in [2.24, 2.45) is 0 Å². The van der Waals surface area contributed by atoms with Crippen LogP contribution < -0.4 is 0 Å². The first kappa shape index (κ1) is 8.75. The number of hydrogen-bond donors (Lipinski definition) is 0. The molecule has 1 heterocycles. The first-order valence-electron chi connectivity index (χ1n) is 4.20. The zero-order chi connectivity index (χ0) is 9.26. The molecule has 0 saturated carbocycles. The summed E-state index contributed by atoms with van der Waals surface area (Å²) in [5.74, 6) is -0.0899. The maximum absolute atomic E-state index is 10.9. The summed E-state index contributed by atoms with van der Waals surface area (Å²) in [4.78, 5) is 10.9. The smallest absolute Gasteiger partial charge is 0.306 e. The van der Waals surface area contributed by atoms with E-state index in [1.165, 1.54) is 0 Å². The van der Waals surface area contributed by atoms with Gasteiger partial charge in [-0.3, -0.25) is 4.79 Å². The third-order valence-corrected chi connectivity index (χ3v) is 2.65. The molecule has 1 unspecified atom stereocenters. The van der Waals surface area contributed by atoms with Gasteiger partial charge in [0.2, 0.25) is 0 Å². The van der Waals surface area contributed by atoms with Gasteiger partial charge in [0.15, 0.2) is 0 Å². The number of halogens is 1. The van der Waals surface area contributed by atoms with E-state index in [0.717, 1.165) is 16.5 Å². The van der Waals surface area contributed by atoms with Crippen molar-refractivity contribution < 1.29 is 9.53 Å². The van der Waals surface area contributed by atoms with E-state index in [2.05, 4.69) is 15.9 Å². The number of esters is 1. The van der Waals surface area contributed by atoms with Gasteiger partial charge < -0.3 is 4.74 Å². The van der Waals surface area contributed by atoms with Gasteiger partial charge >= 0.3 is 5.97 Å². The van der Waals surface area contributed by atoms with Gasteiger partial charge in [0.25, 0.3) is 0 Å². The van der Waals surface area contributed by atoms with Crippen molar-refractivity contribution in [3.8, 4) is 0 Å². The Morgan fingerprint density at radius 2 is 2.00 bits per heavy atom. The minimum atomic E-state index is -0.0899. The molecule has 1 aromatic rings. The third-order valence-electron chi connectivity index (χ3n) is 2.13. The predicted octanol–water partition coefficient (Wildman–Crippen LogP) is 2.83. The first-order valence-corrected chi connectivity index (χ1v) is 5.00. The summed E-state index contributed by atoms with van der Waals surface area (Å²) in [6, 6.07) is 7.88. The summed E-state index contributed by atoms with van der Waals surface area (Å²) in [5.41, 5.74) is 1.08. The van der Waals surface area contributed by atoms with E-state index in [1.807, 2.05) is 24.3 Å². The van der Waals surface area contributed by atoms with E-state index < -0.39 is 0 Å². The lowest BCUT2D eigenvalue weighted by Gasteiger charge is -2.08. The van der Waals surface area contributed by atoms with Gasteiger partial charge in [-0.05, 0) is 24.1 Å². The summed E-state index contributed by atoms with van der Waals surface area (Å²) < 4.78 is 6.18. The highest BCUT2D eigenvalue weighted by Crippen LogP contribution is 2.29. The molecular formula is C10H9BrO2. The molecule has 3 heteroatoms. The molecule has 1 atom stereocenters. The van der Waals surface area contributed by atoms with Crippen LogP contribution in [0, 0.1) is 0 Å². The van der Waals surface area contributed by atoms with Crippen molar-refractivity contribution >= 4 is 21.9 Å². The molecule has 1 fully saturated rings. The quantitative estimate of drug-likeness (QED) is 0.706. The molecule has 1 saturated heterocycles. The molecule has 0 N–H and O–H groups in total. The molecule has 0 spiro atoms. The van der Waals surface area contributed by atoms with Gasteiger partial charge in [0.05, 0.1) is 0 Å². The van der Waals surface area contributed by atoms with Crippen molar-refractivity contribution in [2.45, 2.75) is 18.9 Å². The average Bonchev–Trinajstić information content (AvgIpc) is 2.53. The second kappa shape index (κ2) is 3.50. The van der Waals surface area contributed by atoms with E-state index in [4.69, 9.17) is 4.74 Å². The molecule has 13 heavy (non-hydrogen) atoms. The number of cyclic esters (lactones) is 1. The summed E-state index contributed by atoms with van der Waals surface area (Å²) in [5, 5.41) is 0. The number of ether oxygens (including phenoxy) is 1. The van der Waals surface area contributed by atoms with Crippen LogP contribution in [-0.4, -0.2) is 5.97 Å². The van der Waals surface area contributed by atoms with Crippen molar-refractivity contribution in [1.29, 1.82) is 0 Å². The van der Waals surface area contributed by atoms with Crippen LogP contribution in [0.25, 0.3) is 0 Å². The van der Waals surface area contributed by atoms with Gasteiger partial charge in [0, 0.05) is 10.9 Å². The molecule has 0 amide bonds. The number of hydrogen-bond acceptors (Lipinski definition) is 2. The van der Waals surface area contributed by atoms with E-state index >= 15 is 0 Å². The summed E-state index contributed by atoms with van der Waals surface area (Å²) in [6.07, 6.45) is 1.32. The molecule has 1 aliphatic rings. The van der Waals surface area contributed by atoms with Crippen LogP contribution in [0.1, 0.15) is 24.5 Å². The minimum Gasteiger partial charge on any atom is -0.457 e. The van der Waals surface area contributed by atoms with Crippen molar-refractivity contribution in [1.82, 2.24) is 0 Å². The highest BCUT2D eigenvalue weighted by molar-refractivity contribution is 9.10. The largest absolute Gasteiger partial charge is 0.457 e. The van der Waals surface area contributed by atoms with Crippen LogP contribution in [0.4, 0.5) is 0 Å². The van der Waals surface area contributed by atoms with E-state index in [-0.39, 0.29) is 12.1 Å². The minimum absolute atomic E-state index is 0.0272. The molecular weight excluding hydrogens is 232 g/mol. The Labute approximate surface area is 85.0 Å². The maximum atomic E-state index is 10.9. The van der Waals surface area contributed by atoms with Crippen LogP contribution >= 0.6 is 15.9 Å². The SMILES string of the molecule is O=C1CCC(c2ccc(Br)cc2)O1. The Morgan fingerprint density at radius 3 is 2.54 bits per heavy atom. The summed E-state index contributed by atoms with van der Waals surface area (Å²) in [6.45, 7) is 0. The lowest BCUT2D eigenvalue weighted by molar-refractivity contribution is -0.141. The topological polar surface area (TPSA) is 26.3 Å². The lowest BCUT2D eigenvalue weighted by atomic mass is 10.1. The van der Waals surface area contributed by atoms with E-state index in [9.17, 15) is 4.79 Å². The molecule has 1 aromatic carbocycles. The van der Waals surface area contributed by atoms with Crippen LogP contribution in [0.5, 0.6) is 0 Å². The second-order valence-corrected chi connectivity index (χ2v) is 3.98. The lowest BCUT2D eigenvalue weighted by Crippen LogP contribution is -1.97. The second-order valence-electron chi connectivity index (χ2n) is 3.07. The molecule has 0 aromatic heterocycles. The van der Waals surface area contributed by atoms with Crippen LogP contribution in [-0.2, 0) is 9.53 Å². The van der Waals surface area contributed by atoms with Gasteiger partial charge in [-0.25, -0.2) is 0 Å². The van der Waals surface area contributed by atoms with Crippen LogP contribution in [0.15, 0.2) is 28.7 Å². The van der Waals surface area contributed by atoms with Gasteiger partial charge in [-0.15, -0.1) is 0 Å². The molecule has 0 radical (unpaired) electrons. The van der Waals surface area contributed by atoms with Crippen molar-refractivity contribution in [3.63, 3.8) is 0 Å². The number of rotatable bonds is 1. The Morgan fingerprint density at radius 1 is 1.31 bits per heavy atom. The Bertz CT molecular complexity index is 318. The highest BCUT2D eigenvalue weighted by atomic mass is 79.9. The predicted molar refractivity (Wildman–Crippen MR) is 52.2 cm³/mol. The molecule has 0 aliphatic carbocycles. The molecule has 2 rings (SSSR count). The Kier molecular flexibility index (Phi) is 2.36. The standard InChI is InChI=1S/C10H9BrO2/c11-8-3-1-7(2-4-8)9-5-6-10(12)13-9/h1-4,9H,5-6H2. The monoisotopic (exact) mass is 240 g/mol. The zero-order valence-corrected chi connectivity index (χ0v) is 8.58. The Balaban J connectivity index is 2.17. The first-order chi connectivity index (χ1) is 6.25. The average molecular weight is 241 g/mol. The number of carbonyl (C=O) groups excluding carboxylic acids is 1. The number of carbonyl (C=O) groups is 1. The van der Waals surface area contributed by atoms with Gasteiger partial charge in [-0.1, -0.05) is 28.1 Å². The fourth-order valence-corrected chi connectivity index (χ4v) is 1.70. The summed E-state index contributed by atoms with van der Waals surface area (Å²) in [7, 11) is 0. The maximum Gasteiger partial charge on any atom is 0.306 e. The fraction of sp³-hybridized carbons (Fsp3) is 0.300. The highest BCUT2D eigenvalue weighted by Gasteiger charge is 2.24. The zero-order valence-electron chi connectivity index (χ0n) is 7.00. The van der Waals surface area contributed by atoms with Gasteiger partial charge in [-0.2, -0.15) is 0 Å². The van der Waals surface area contributed by atoms with Crippen LogP contribution in [0.2, 0.25) is 0 Å². The summed E-state index contributed by atoms with van der Waals surface area (Å²) >= 11 is 3.36. The molecule has 0 bridgehead atoms. The molecule has 2 nitrogen and oxygen atoms in total. The van der Waals surface area contributed by atoms with Crippen molar-refractivity contribution in [2.75, 3.05) is 0 Å². The Hall–Kier alpha value is -0.830. The third kappa shape index (κ3) is 1.91.